The lowest BCUT2D eigenvalue weighted by atomic mass is 10.1. The average Bonchev–Trinajstić information content (AvgIpc) is 3.55. The van der Waals surface area contributed by atoms with E-state index in [1.54, 1.807) is 15.7 Å². The first kappa shape index (κ1) is 20.0. The molecule has 2 heterocycles. The van der Waals surface area contributed by atoms with E-state index in [1.807, 2.05) is 30.0 Å². The molecule has 0 N–H and O–H groups in total. The van der Waals surface area contributed by atoms with E-state index in [9.17, 15) is 14.4 Å². The summed E-state index contributed by atoms with van der Waals surface area (Å²) in [6, 6.07) is 7.96. The van der Waals surface area contributed by atoms with Crippen LogP contribution in [0, 0.1) is 12.8 Å². The number of hydrogen-bond donors (Lipinski definition) is 0. The minimum Gasteiger partial charge on any atom is -0.341 e. The molecule has 1 saturated heterocycles. The summed E-state index contributed by atoms with van der Waals surface area (Å²) in [6.45, 7) is 4.11. The third kappa shape index (κ3) is 3.68. The van der Waals surface area contributed by atoms with Gasteiger partial charge in [-0.05, 0) is 74.3 Å². The number of aryl methyl sites for hydroxylation is 2. The number of benzene rings is 1. The smallest absolute Gasteiger partial charge is 0.268 e. The zero-order valence-corrected chi connectivity index (χ0v) is 18.1. The Morgan fingerprint density at radius 2 is 1.71 bits per heavy atom. The summed E-state index contributed by atoms with van der Waals surface area (Å²) in [6.07, 6.45) is 7.62. The molecule has 2 amide bonds. The highest BCUT2D eigenvalue weighted by Gasteiger charge is 2.34. The van der Waals surface area contributed by atoms with Crippen molar-refractivity contribution in [2.24, 2.45) is 5.92 Å². The highest BCUT2D eigenvalue weighted by atomic mass is 16.2. The molecule has 1 saturated carbocycles. The summed E-state index contributed by atoms with van der Waals surface area (Å²) in [5.41, 5.74) is 4.11. The van der Waals surface area contributed by atoms with Crippen LogP contribution in [0.5, 0.6) is 0 Å². The number of fused-ring (bicyclic) bond motifs is 1. The fourth-order valence-electron chi connectivity index (χ4n) is 4.99. The molecule has 3 aliphatic rings. The molecule has 0 unspecified atom stereocenters. The molecule has 2 aliphatic carbocycles. The van der Waals surface area contributed by atoms with Crippen LogP contribution in [0.3, 0.4) is 0 Å². The van der Waals surface area contributed by atoms with E-state index in [-0.39, 0.29) is 28.9 Å². The van der Waals surface area contributed by atoms with Gasteiger partial charge in [-0.2, -0.15) is 0 Å². The van der Waals surface area contributed by atoms with E-state index in [0.29, 0.717) is 31.7 Å². The van der Waals surface area contributed by atoms with Crippen molar-refractivity contribution in [2.45, 2.75) is 45.4 Å². The Morgan fingerprint density at radius 1 is 0.935 bits per heavy atom. The van der Waals surface area contributed by atoms with Crippen LogP contribution in [0.25, 0.3) is 5.69 Å². The monoisotopic (exact) mass is 419 g/mol. The van der Waals surface area contributed by atoms with E-state index >= 15 is 0 Å². The second-order valence-electron chi connectivity index (χ2n) is 9.06. The molecule has 2 fully saturated rings. The van der Waals surface area contributed by atoms with Crippen LogP contribution in [0.1, 0.15) is 52.7 Å². The maximum Gasteiger partial charge on any atom is 0.268 e. The van der Waals surface area contributed by atoms with E-state index in [0.717, 1.165) is 44.2 Å². The number of rotatable bonds is 3. The van der Waals surface area contributed by atoms with E-state index in [1.165, 1.54) is 11.1 Å². The molecule has 6 nitrogen and oxygen atoms in total. The minimum absolute atomic E-state index is 0.193. The predicted octanol–water partition coefficient (Wildman–Crippen LogP) is 2.72. The summed E-state index contributed by atoms with van der Waals surface area (Å²) in [5.74, 6) is 0.203. The van der Waals surface area contributed by atoms with Crippen LogP contribution >= 0.6 is 0 Å². The summed E-state index contributed by atoms with van der Waals surface area (Å²) >= 11 is 0. The van der Waals surface area contributed by atoms with Crippen molar-refractivity contribution in [3.8, 4) is 5.69 Å². The van der Waals surface area contributed by atoms with E-state index in [4.69, 9.17) is 0 Å². The van der Waals surface area contributed by atoms with Gasteiger partial charge in [0.2, 0.25) is 5.91 Å². The van der Waals surface area contributed by atoms with Crippen LogP contribution in [-0.4, -0.2) is 52.4 Å². The number of aromatic nitrogens is 1. The van der Waals surface area contributed by atoms with Crippen molar-refractivity contribution in [1.82, 2.24) is 14.4 Å². The summed E-state index contributed by atoms with van der Waals surface area (Å²) in [4.78, 5) is 43.0. The van der Waals surface area contributed by atoms with Crippen LogP contribution in [0.2, 0.25) is 0 Å². The van der Waals surface area contributed by atoms with Gasteiger partial charge in [0.15, 0.2) is 0 Å². The zero-order chi connectivity index (χ0) is 21.5. The van der Waals surface area contributed by atoms with Crippen molar-refractivity contribution in [2.75, 3.05) is 26.2 Å². The molecule has 31 heavy (non-hydrogen) atoms. The second kappa shape index (κ2) is 7.98. The normalized spacial score (nSPS) is 18.6. The lowest BCUT2D eigenvalue weighted by Gasteiger charge is -2.23. The third-order valence-electron chi connectivity index (χ3n) is 6.92. The van der Waals surface area contributed by atoms with Gasteiger partial charge in [0.1, 0.15) is 5.56 Å². The van der Waals surface area contributed by atoms with Crippen molar-refractivity contribution in [3.05, 3.63) is 63.1 Å². The zero-order valence-electron chi connectivity index (χ0n) is 18.1. The maximum atomic E-state index is 13.5. The van der Waals surface area contributed by atoms with Crippen LogP contribution in [0.15, 0.2) is 35.3 Å². The lowest BCUT2D eigenvalue weighted by molar-refractivity contribution is -0.132. The molecular weight excluding hydrogens is 390 g/mol. The molecule has 5 rings (SSSR count). The predicted molar refractivity (Wildman–Crippen MR) is 119 cm³/mol. The Bertz CT molecular complexity index is 1100. The Kier molecular flexibility index (Phi) is 5.16. The fourth-order valence-corrected chi connectivity index (χ4v) is 4.99. The van der Waals surface area contributed by atoms with Crippen molar-refractivity contribution in [1.29, 1.82) is 0 Å². The minimum atomic E-state index is -0.250. The maximum absolute atomic E-state index is 13.5. The number of carbonyl (C=O) groups is 2. The SMILES string of the molecule is Cc1ccn(-c2cccc3c2CCC3)c(=O)c1C(=O)N1CCCN(C(=O)C2CC2)CC1. The molecule has 2 aromatic rings. The van der Waals surface area contributed by atoms with E-state index < -0.39 is 0 Å². The lowest BCUT2D eigenvalue weighted by Crippen LogP contribution is -2.40. The molecule has 6 heteroatoms. The van der Waals surface area contributed by atoms with Crippen LogP contribution in [-0.2, 0) is 17.6 Å². The van der Waals surface area contributed by atoms with Crippen molar-refractivity contribution >= 4 is 11.8 Å². The van der Waals surface area contributed by atoms with Gasteiger partial charge in [-0.25, -0.2) is 0 Å². The van der Waals surface area contributed by atoms with Gasteiger partial charge >= 0.3 is 0 Å². The molecular formula is C25H29N3O3. The number of amides is 2. The molecule has 0 atom stereocenters. The Morgan fingerprint density at radius 3 is 2.52 bits per heavy atom. The molecule has 0 radical (unpaired) electrons. The first-order valence-electron chi connectivity index (χ1n) is 11.5. The topological polar surface area (TPSA) is 62.6 Å². The highest BCUT2D eigenvalue weighted by molar-refractivity contribution is 5.95. The molecule has 0 bridgehead atoms. The molecule has 1 aliphatic heterocycles. The number of nitrogens with zero attached hydrogens (tertiary/aromatic N) is 3. The quantitative estimate of drug-likeness (QED) is 0.769. The number of carbonyl (C=O) groups excluding carboxylic acids is 2. The van der Waals surface area contributed by atoms with Crippen LogP contribution in [0.4, 0.5) is 0 Å². The standard InChI is InChI=1S/C25H29N3O3/c1-17-11-14-28(21-8-3-6-18-5-2-7-20(18)21)25(31)22(17)24(30)27-13-4-12-26(15-16-27)23(29)19-9-10-19/h3,6,8,11,14,19H,2,4-5,7,9-10,12-13,15-16H2,1H3. The third-order valence-corrected chi connectivity index (χ3v) is 6.92. The van der Waals surface area contributed by atoms with Gasteiger partial charge in [0.25, 0.3) is 11.5 Å². The first-order valence-corrected chi connectivity index (χ1v) is 11.5. The fraction of sp³-hybridized carbons (Fsp3) is 0.480. The molecule has 162 valence electrons. The number of hydrogen-bond acceptors (Lipinski definition) is 3. The van der Waals surface area contributed by atoms with Gasteiger partial charge in [-0.1, -0.05) is 12.1 Å². The summed E-state index contributed by atoms with van der Waals surface area (Å²) < 4.78 is 1.64. The Hall–Kier alpha value is -2.89. The van der Waals surface area contributed by atoms with Gasteiger partial charge in [-0.3, -0.25) is 19.0 Å². The largest absolute Gasteiger partial charge is 0.341 e. The van der Waals surface area contributed by atoms with E-state index in [2.05, 4.69) is 6.07 Å². The van der Waals surface area contributed by atoms with Gasteiger partial charge < -0.3 is 9.80 Å². The van der Waals surface area contributed by atoms with Gasteiger partial charge in [0, 0.05) is 38.3 Å². The van der Waals surface area contributed by atoms with Gasteiger partial charge in [-0.15, -0.1) is 0 Å². The van der Waals surface area contributed by atoms with Crippen molar-refractivity contribution in [3.63, 3.8) is 0 Å². The second-order valence-corrected chi connectivity index (χ2v) is 9.06. The molecule has 1 aromatic carbocycles. The van der Waals surface area contributed by atoms with Crippen molar-refractivity contribution < 1.29 is 9.59 Å². The van der Waals surface area contributed by atoms with Crippen LogP contribution < -0.4 is 5.56 Å². The first-order chi connectivity index (χ1) is 15.0. The molecule has 1 aromatic heterocycles. The Labute approximate surface area is 182 Å². The van der Waals surface area contributed by atoms with Gasteiger partial charge in [0.05, 0.1) is 5.69 Å². The Balaban J connectivity index is 1.43. The molecule has 0 spiro atoms. The number of pyridine rings is 1. The highest BCUT2D eigenvalue weighted by Crippen LogP contribution is 2.31. The average molecular weight is 420 g/mol. The summed E-state index contributed by atoms with van der Waals surface area (Å²) in [7, 11) is 0. The summed E-state index contributed by atoms with van der Waals surface area (Å²) in [5, 5.41) is 0.